The second-order valence-corrected chi connectivity index (χ2v) is 4.75. The van der Waals surface area contributed by atoms with Crippen LogP contribution in [0.15, 0.2) is 0 Å². The smallest absolute Gasteiger partial charge is 0.0707 e. The number of likely N-dealkylation sites (tertiary alicyclic amines) is 1. The first-order valence-electron chi connectivity index (χ1n) is 5.93. The van der Waals surface area contributed by atoms with Crippen molar-refractivity contribution in [2.24, 2.45) is 5.92 Å². The number of rotatable bonds is 3. The molecule has 2 saturated heterocycles. The van der Waals surface area contributed by atoms with Gasteiger partial charge in [-0.3, -0.25) is 4.90 Å². The molecule has 3 atom stereocenters. The lowest BCUT2D eigenvalue weighted by molar-refractivity contribution is 0.139. The molecule has 3 heteroatoms. The summed E-state index contributed by atoms with van der Waals surface area (Å²) in [7, 11) is 0. The Morgan fingerprint density at radius 2 is 2.29 bits per heavy atom. The zero-order chi connectivity index (χ0) is 9.97. The third-order valence-corrected chi connectivity index (χ3v) is 3.65. The molecule has 0 aromatic carbocycles. The molecule has 0 radical (unpaired) electrons. The Labute approximate surface area is 86.5 Å². The van der Waals surface area contributed by atoms with Gasteiger partial charge in [0, 0.05) is 25.7 Å². The van der Waals surface area contributed by atoms with E-state index in [0.717, 1.165) is 26.1 Å². The lowest BCUT2D eigenvalue weighted by Gasteiger charge is -2.20. The molecule has 0 aliphatic carbocycles. The van der Waals surface area contributed by atoms with Gasteiger partial charge in [0.2, 0.25) is 0 Å². The largest absolute Gasteiger partial charge is 0.391 e. The highest BCUT2D eigenvalue weighted by atomic mass is 16.3. The van der Waals surface area contributed by atoms with E-state index < -0.39 is 0 Å². The minimum absolute atomic E-state index is 0.0820. The predicted octanol–water partition coefficient (Wildman–Crippen LogP) is 0.441. The van der Waals surface area contributed by atoms with Crippen molar-refractivity contribution in [1.29, 1.82) is 0 Å². The van der Waals surface area contributed by atoms with Gasteiger partial charge in [-0.15, -0.1) is 0 Å². The van der Waals surface area contributed by atoms with E-state index in [0.29, 0.717) is 12.0 Å². The Balaban J connectivity index is 1.77. The minimum Gasteiger partial charge on any atom is -0.391 e. The monoisotopic (exact) mass is 198 g/mol. The van der Waals surface area contributed by atoms with E-state index in [1.165, 1.54) is 19.4 Å². The van der Waals surface area contributed by atoms with Gasteiger partial charge in [0.15, 0.2) is 0 Å². The second kappa shape index (κ2) is 4.60. The fourth-order valence-corrected chi connectivity index (χ4v) is 2.72. The van der Waals surface area contributed by atoms with Gasteiger partial charge < -0.3 is 10.4 Å². The Kier molecular flexibility index (Phi) is 3.42. The Morgan fingerprint density at radius 1 is 1.43 bits per heavy atom. The summed E-state index contributed by atoms with van der Waals surface area (Å²) >= 11 is 0. The third-order valence-electron chi connectivity index (χ3n) is 3.65. The average molecular weight is 198 g/mol. The molecule has 14 heavy (non-hydrogen) atoms. The highest BCUT2D eigenvalue weighted by molar-refractivity contribution is 4.86. The van der Waals surface area contributed by atoms with E-state index in [9.17, 15) is 5.11 Å². The molecule has 2 N–H and O–H groups in total. The zero-order valence-corrected chi connectivity index (χ0v) is 9.08. The summed E-state index contributed by atoms with van der Waals surface area (Å²) in [5, 5.41) is 13.3. The van der Waals surface area contributed by atoms with Gasteiger partial charge >= 0.3 is 0 Å². The molecule has 3 nitrogen and oxygen atoms in total. The molecule has 0 aromatic heterocycles. The summed E-state index contributed by atoms with van der Waals surface area (Å²) in [4.78, 5) is 2.42. The second-order valence-electron chi connectivity index (χ2n) is 4.75. The zero-order valence-electron chi connectivity index (χ0n) is 9.08. The van der Waals surface area contributed by atoms with Gasteiger partial charge in [-0.1, -0.05) is 6.92 Å². The molecule has 0 bridgehead atoms. The summed E-state index contributed by atoms with van der Waals surface area (Å²) < 4.78 is 0. The maximum Gasteiger partial charge on any atom is 0.0707 e. The molecule has 0 aromatic rings. The lowest BCUT2D eigenvalue weighted by Crippen LogP contribution is -2.36. The van der Waals surface area contributed by atoms with Crippen molar-refractivity contribution in [3.8, 4) is 0 Å². The fourth-order valence-electron chi connectivity index (χ4n) is 2.72. The van der Waals surface area contributed by atoms with Gasteiger partial charge in [0.1, 0.15) is 0 Å². The molecule has 0 amide bonds. The first-order valence-corrected chi connectivity index (χ1v) is 5.93. The minimum atomic E-state index is -0.0820. The van der Waals surface area contributed by atoms with E-state index in [1.807, 2.05) is 0 Å². The maximum atomic E-state index is 9.77. The van der Waals surface area contributed by atoms with E-state index in [1.54, 1.807) is 0 Å². The van der Waals surface area contributed by atoms with E-state index in [2.05, 4.69) is 17.1 Å². The number of hydrogen-bond acceptors (Lipinski definition) is 3. The van der Waals surface area contributed by atoms with Gasteiger partial charge in [-0.05, 0) is 31.7 Å². The normalized spacial score (nSPS) is 39.4. The summed E-state index contributed by atoms with van der Waals surface area (Å²) in [5.74, 6) is 0.511. The van der Waals surface area contributed by atoms with Crippen LogP contribution in [-0.4, -0.2) is 48.3 Å². The average Bonchev–Trinajstić information content (AvgIpc) is 2.76. The van der Waals surface area contributed by atoms with Crippen molar-refractivity contribution < 1.29 is 5.11 Å². The van der Waals surface area contributed by atoms with Gasteiger partial charge in [-0.2, -0.15) is 0 Å². The number of aliphatic hydroxyl groups is 1. The van der Waals surface area contributed by atoms with Crippen LogP contribution in [0.5, 0.6) is 0 Å². The van der Waals surface area contributed by atoms with Crippen molar-refractivity contribution in [2.45, 2.75) is 38.3 Å². The van der Waals surface area contributed by atoms with Crippen molar-refractivity contribution in [2.75, 3.05) is 26.2 Å². The van der Waals surface area contributed by atoms with Crippen LogP contribution >= 0.6 is 0 Å². The fraction of sp³-hybridized carbons (Fsp3) is 1.00. The van der Waals surface area contributed by atoms with Crippen LogP contribution in [0.2, 0.25) is 0 Å². The number of nitrogens with zero attached hydrogens (tertiary/aromatic N) is 1. The van der Waals surface area contributed by atoms with Crippen LogP contribution in [0.3, 0.4) is 0 Å². The number of hydrogen-bond donors (Lipinski definition) is 2. The molecule has 2 aliphatic rings. The van der Waals surface area contributed by atoms with Crippen LogP contribution in [-0.2, 0) is 0 Å². The van der Waals surface area contributed by atoms with Crippen LogP contribution in [0.1, 0.15) is 26.2 Å². The van der Waals surface area contributed by atoms with Crippen molar-refractivity contribution in [3.63, 3.8) is 0 Å². The molecule has 2 fully saturated rings. The number of aliphatic hydroxyl groups excluding tert-OH is 1. The quantitative estimate of drug-likeness (QED) is 0.691. The van der Waals surface area contributed by atoms with Crippen LogP contribution in [0, 0.1) is 5.92 Å². The van der Waals surface area contributed by atoms with E-state index in [-0.39, 0.29) is 6.10 Å². The summed E-state index contributed by atoms with van der Waals surface area (Å²) in [6, 6.07) is 0.679. The molecule has 0 spiro atoms. The first kappa shape index (κ1) is 10.4. The Hall–Kier alpha value is -0.120. The van der Waals surface area contributed by atoms with E-state index >= 15 is 0 Å². The van der Waals surface area contributed by atoms with Gasteiger partial charge in [0.25, 0.3) is 0 Å². The molecular formula is C11H22N2O. The van der Waals surface area contributed by atoms with Crippen LogP contribution in [0.4, 0.5) is 0 Å². The summed E-state index contributed by atoms with van der Waals surface area (Å²) in [6.07, 6.45) is 3.65. The maximum absolute atomic E-state index is 9.77. The third kappa shape index (κ3) is 2.27. The molecule has 2 aliphatic heterocycles. The van der Waals surface area contributed by atoms with Crippen molar-refractivity contribution >= 4 is 0 Å². The van der Waals surface area contributed by atoms with Crippen LogP contribution < -0.4 is 5.32 Å². The molecule has 2 unspecified atom stereocenters. The summed E-state index contributed by atoms with van der Waals surface area (Å²) in [5.41, 5.74) is 0. The SMILES string of the molecule is CCC1CN(C[C@@H]2CCCN2)CC1O. The Bertz CT molecular complexity index is 180. The van der Waals surface area contributed by atoms with Crippen molar-refractivity contribution in [1.82, 2.24) is 10.2 Å². The van der Waals surface area contributed by atoms with Crippen LogP contribution in [0.25, 0.3) is 0 Å². The highest BCUT2D eigenvalue weighted by Crippen LogP contribution is 2.20. The standard InChI is InChI=1S/C11H22N2O/c1-2-9-6-13(8-11(9)14)7-10-4-3-5-12-10/h9-12,14H,2-8H2,1H3/t9?,10-,11?/m0/s1. The van der Waals surface area contributed by atoms with Gasteiger partial charge in [0.05, 0.1) is 6.10 Å². The Morgan fingerprint density at radius 3 is 2.86 bits per heavy atom. The molecule has 2 rings (SSSR count). The van der Waals surface area contributed by atoms with Crippen molar-refractivity contribution in [3.05, 3.63) is 0 Å². The number of β-amino-alcohol motifs (C(OH)–C–C–N with tert-alkyl or cyclic N) is 1. The highest BCUT2D eigenvalue weighted by Gasteiger charge is 2.31. The lowest BCUT2D eigenvalue weighted by atomic mass is 10.0. The van der Waals surface area contributed by atoms with E-state index in [4.69, 9.17) is 0 Å². The number of nitrogens with one attached hydrogen (secondary N) is 1. The first-order chi connectivity index (χ1) is 6.79. The van der Waals surface area contributed by atoms with Gasteiger partial charge in [-0.25, -0.2) is 0 Å². The summed E-state index contributed by atoms with van der Waals surface area (Å²) in [6.45, 7) is 6.46. The molecular weight excluding hydrogens is 176 g/mol. The predicted molar refractivity (Wildman–Crippen MR) is 57.3 cm³/mol. The molecule has 0 saturated carbocycles. The molecule has 2 heterocycles. The topological polar surface area (TPSA) is 35.5 Å². The molecule has 82 valence electrons.